The molecule has 16 heavy (non-hydrogen) atoms. The summed E-state index contributed by atoms with van der Waals surface area (Å²) in [5.74, 6) is 0.0294. The van der Waals surface area contributed by atoms with Crippen LogP contribution in [-0.2, 0) is 14.6 Å². The molecule has 0 radical (unpaired) electrons. The summed E-state index contributed by atoms with van der Waals surface area (Å²) in [5.41, 5.74) is 0. The van der Waals surface area contributed by atoms with Crippen LogP contribution < -0.4 is 0 Å². The molecule has 0 aromatic carbocycles. The van der Waals surface area contributed by atoms with Crippen LogP contribution in [0.4, 0.5) is 0 Å². The van der Waals surface area contributed by atoms with Gasteiger partial charge in [-0.25, -0.2) is 13.4 Å². The van der Waals surface area contributed by atoms with E-state index in [4.69, 9.17) is 4.74 Å². The predicted molar refractivity (Wildman–Crippen MR) is 63.0 cm³/mol. The lowest BCUT2D eigenvalue weighted by atomic mass is 10.3. The average molecular weight is 306 g/mol. The van der Waals surface area contributed by atoms with E-state index in [2.05, 4.69) is 20.9 Å². The van der Waals surface area contributed by atoms with Gasteiger partial charge in [0.15, 0.2) is 14.9 Å². The fourth-order valence-electron chi connectivity index (χ4n) is 1.65. The van der Waals surface area contributed by atoms with E-state index in [1.165, 1.54) is 12.3 Å². The fraction of sp³-hybridized carbons (Fsp3) is 0.500. The summed E-state index contributed by atoms with van der Waals surface area (Å²) >= 11 is 3.22. The number of pyridine rings is 1. The molecule has 0 spiro atoms. The zero-order valence-electron chi connectivity index (χ0n) is 8.60. The monoisotopic (exact) mass is 305 g/mol. The maximum absolute atomic E-state index is 11.9. The van der Waals surface area contributed by atoms with Gasteiger partial charge in [-0.15, -0.1) is 0 Å². The fourth-order valence-corrected chi connectivity index (χ4v) is 3.30. The third kappa shape index (κ3) is 2.81. The second kappa shape index (κ2) is 4.81. The lowest BCUT2D eigenvalue weighted by Gasteiger charge is -2.09. The van der Waals surface area contributed by atoms with Gasteiger partial charge in [0, 0.05) is 17.3 Å². The number of nitrogens with zero attached hydrogens (tertiary/aromatic N) is 1. The van der Waals surface area contributed by atoms with E-state index in [1.807, 2.05) is 0 Å². The largest absolute Gasteiger partial charge is 0.377 e. The van der Waals surface area contributed by atoms with E-state index >= 15 is 0 Å². The highest BCUT2D eigenvalue weighted by molar-refractivity contribution is 9.10. The third-order valence-electron chi connectivity index (χ3n) is 2.45. The highest BCUT2D eigenvalue weighted by Gasteiger charge is 2.25. The highest BCUT2D eigenvalue weighted by atomic mass is 79.9. The van der Waals surface area contributed by atoms with Crippen molar-refractivity contribution in [1.82, 2.24) is 4.98 Å². The van der Waals surface area contributed by atoms with E-state index in [1.54, 1.807) is 6.07 Å². The molecule has 1 atom stereocenters. The van der Waals surface area contributed by atoms with Crippen molar-refractivity contribution in [3.8, 4) is 0 Å². The van der Waals surface area contributed by atoms with Crippen LogP contribution in [0, 0.1) is 0 Å². The molecule has 2 rings (SSSR count). The Morgan fingerprint density at radius 2 is 2.31 bits per heavy atom. The Balaban J connectivity index is 2.14. The molecule has 0 saturated carbocycles. The van der Waals surface area contributed by atoms with Crippen LogP contribution in [0.5, 0.6) is 0 Å². The van der Waals surface area contributed by atoms with E-state index in [0.29, 0.717) is 6.61 Å². The highest BCUT2D eigenvalue weighted by Crippen LogP contribution is 2.18. The van der Waals surface area contributed by atoms with Crippen LogP contribution in [0.3, 0.4) is 0 Å². The molecule has 4 nitrogen and oxygen atoms in total. The van der Waals surface area contributed by atoms with Crippen molar-refractivity contribution in [1.29, 1.82) is 0 Å². The Hall–Kier alpha value is -0.460. The molecule has 1 unspecified atom stereocenters. The van der Waals surface area contributed by atoms with Crippen molar-refractivity contribution in [2.24, 2.45) is 0 Å². The van der Waals surface area contributed by atoms with Crippen LogP contribution in [-0.4, -0.2) is 31.9 Å². The molecule has 1 aromatic heterocycles. The maximum Gasteiger partial charge on any atom is 0.198 e. The first-order valence-corrected chi connectivity index (χ1v) is 7.48. The molecule has 0 aliphatic carbocycles. The molecule has 1 aliphatic heterocycles. The molecular formula is C10H12BrNO3S. The first-order chi connectivity index (χ1) is 7.58. The molecule has 1 fully saturated rings. The van der Waals surface area contributed by atoms with Crippen molar-refractivity contribution in [3.05, 3.63) is 22.8 Å². The van der Waals surface area contributed by atoms with Crippen molar-refractivity contribution < 1.29 is 13.2 Å². The number of sulfone groups is 1. The zero-order chi connectivity index (χ0) is 11.6. The van der Waals surface area contributed by atoms with Crippen molar-refractivity contribution in [2.45, 2.75) is 24.0 Å². The minimum Gasteiger partial charge on any atom is -0.377 e. The van der Waals surface area contributed by atoms with Gasteiger partial charge < -0.3 is 4.74 Å². The molecule has 0 N–H and O–H groups in total. The van der Waals surface area contributed by atoms with E-state index in [-0.39, 0.29) is 16.9 Å². The molecular weight excluding hydrogens is 294 g/mol. The van der Waals surface area contributed by atoms with Crippen LogP contribution in [0.15, 0.2) is 27.8 Å². The first-order valence-electron chi connectivity index (χ1n) is 5.04. The Kier molecular flexibility index (Phi) is 3.61. The van der Waals surface area contributed by atoms with Crippen molar-refractivity contribution in [3.63, 3.8) is 0 Å². The number of hydrogen-bond acceptors (Lipinski definition) is 4. The zero-order valence-corrected chi connectivity index (χ0v) is 11.0. The van der Waals surface area contributed by atoms with E-state index < -0.39 is 9.84 Å². The number of aromatic nitrogens is 1. The van der Waals surface area contributed by atoms with Crippen molar-refractivity contribution in [2.75, 3.05) is 12.4 Å². The van der Waals surface area contributed by atoms with E-state index in [0.717, 1.165) is 17.3 Å². The minimum atomic E-state index is -3.32. The van der Waals surface area contributed by atoms with Gasteiger partial charge in [-0.1, -0.05) is 0 Å². The quantitative estimate of drug-likeness (QED) is 0.854. The Morgan fingerprint density at radius 1 is 1.50 bits per heavy atom. The van der Waals surface area contributed by atoms with Gasteiger partial charge in [0.25, 0.3) is 0 Å². The molecule has 88 valence electrons. The lowest BCUT2D eigenvalue weighted by molar-refractivity contribution is 0.127. The van der Waals surface area contributed by atoms with Crippen LogP contribution in [0.25, 0.3) is 0 Å². The second-order valence-electron chi connectivity index (χ2n) is 3.73. The van der Waals surface area contributed by atoms with E-state index in [9.17, 15) is 8.42 Å². The minimum absolute atomic E-state index is 0.0294. The normalized spacial score (nSPS) is 21.2. The first kappa shape index (κ1) is 12.0. The molecule has 0 amide bonds. The molecule has 1 aliphatic rings. The topological polar surface area (TPSA) is 56.3 Å². The third-order valence-corrected chi connectivity index (χ3v) is 4.61. The summed E-state index contributed by atoms with van der Waals surface area (Å²) in [5, 5.41) is 0.117. The standard InChI is InChI=1S/C10H12BrNO3S/c11-8-3-4-10(12-6-8)16(13,14)7-9-2-1-5-15-9/h3-4,6,9H,1-2,5,7H2. The lowest BCUT2D eigenvalue weighted by Crippen LogP contribution is -2.20. The van der Waals surface area contributed by atoms with Gasteiger partial charge in [-0.3, -0.25) is 0 Å². The average Bonchev–Trinajstić information content (AvgIpc) is 2.70. The Morgan fingerprint density at radius 3 is 2.88 bits per heavy atom. The van der Waals surface area contributed by atoms with Gasteiger partial charge in [0.2, 0.25) is 0 Å². The number of ether oxygens (including phenoxy) is 1. The van der Waals surface area contributed by atoms with Gasteiger partial charge >= 0.3 is 0 Å². The summed E-state index contributed by atoms with van der Waals surface area (Å²) in [6.45, 7) is 0.661. The summed E-state index contributed by atoms with van der Waals surface area (Å²) in [6, 6.07) is 3.18. The number of hydrogen-bond donors (Lipinski definition) is 0. The smallest absolute Gasteiger partial charge is 0.198 e. The van der Waals surface area contributed by atoms with Crippen molar-refractivity contribution >= 4 is 25.8 Å². The van der Waals surface area contributed by atoms with Gasteiger partial charge in [-0.2, -0.15) is 0 Å². The van der Waals surface area contributed by atoms with Crippen LogP contribution in [0.2, 0.25) is 0 Å². The summed E-state index contributed by atoms with van der Waals surface area (Å²) in [4.78, 5) is 3.90. The van der Waals surface area contributed by atoms with Gasteiger partial charge in [-0.05, 0) is 40.9 Å². The van der Waals surface area contributed by atoms with Gasteiger partial charge in [0.1, 0.15) is 0 Å². The molecule has 6 heteroatoms. The predicted octanol–water partition coefficient (Wildman–Crippen LogP) is 1.80. The second-order valence-corrected chi connectivity index (χ2v) is 6.63. The van der Waals surface area contributed by atoms with Gasteiger partial charge in [0.05, 0.1) is 11.9 Å². The summed E-state index contributed by atoms with van der Waals surface area (Å²) in [7, 11) is -3.32. The van der Waals surface area contributed by atoms with Crippen LogP contribution >= 0.6 is 15.9 Å². The summed E-state index contributed by atoms with van der Waals surface area (Å²) in [6.07, 6.45) is 3.07. The molecule has 2 heterocycles. The van der Waals surface area contributed by atoms with Crippen LogP contribution in [0.1, 0.15) is 12.8 Å². The SMILES string of the molecule is O=S(=O)(CC1CCCO1)c1ccc(Br)cn1. The molecule has 0 bridgehead atoms. The summed E-state index contributed by atoms with van der Waals surface area (Å²) < 4.78 is 30.0. The Bertz CT molecular complexity index is 451. The Labute approximate surface area is 103 Å². The number of halogens is 1. The maximum atomic E-state index is 11.9. The number of rotatable bonds is 3. The molecule has 1 aromatic rings. The molecule has 1 saturated heterocycles.